The van der Waals surface area contributed by atoms with E-state index in [1.807, 2.05) is 0 Å². The van der Waals surface area contributed by atoms with Crippen LogP contribution in [-0.4, -0.2) is 43.9 Å². The van der Waals surface area contributed by atoms with Crippen molar-refractivity contribution < 1.29 is 18.1 Å². The van der Waals surface area contributed by atoms with E-state index in [2.05, 4.69) is 0 Å². The van der Waals surface area contributed by atoms with Gasteiger partial charge in [0.1, 0.15) is 5.75 Å². The van der Waals surface area contributed by atoms with Crippen LogP contribution in [0.25, 0.3) is 0 Å². The summed E-state index contributed by atoms with van der Waals surface area (Å²) in [4.78, 5) is 10.2. The summed E-state index contributed by atoms with van der Waals surface area (Å²) in [6.45, 7) is 0.524. The zero-order chi connectivity index (χ0) is 16.3. The van der Waals surface area contributed by atoms with Crippen LogP contribution in [0.15, 0.2) is 23.1 Å². The van der Waals surface area contributed by atoms with E-state index >= 15 is 0 Å². The van der Waals surface area contributed by atoms with Gasteiger partial charge in [-0.25, -0.2) is 8.42 Å². The summed E-state index contributed by atoms with van der Waals surface area (Å²) in [6.07, 6.45) is 2.29. The molecule has 130 valence electrons. The number of nitrogens with two attached hydrogens (primary N) is 1. The fourth-order valence-corrected chi connectivity index (χ4v) is 4.48. The van der Waals surface area contributed by atoms with Crippen LogP contribution in [0.5, 0.6) is 5.75 Å². The standard InChI is InChI=1S/C13H19N3O5S.ClH/c1-21-11-5-6-13(12(8-11)16(17)18)22(19,20)15-7-3-2-4-10(15)9-14;/h5-6,8,10H,2-4,7,9,14H2,1H3;1H. The summed E-state index contributed by atoms with van der Waals surface area (Å²) in [6, 6.07) is 3.42. The molecule has 0 aliphatic carbocycles. The molecule has 1 aromatic carbocycles. The van der Waals surface area contributed by atoms with Crippen LogP contribution in [-0.2, 0) is 10.0 Å². The second-order valence-corrected chi connectivity index (χ2v) is 6.95. The molecule has 2 rings (SSSR count). The maximum atomic E-state index is 12.8. The van der Waals surface area contributed by atoms with E-state index in [1.54, 1.807) is 0 Å². The van der Waals surface area contributed by atoms with Gasteiger partial charge in [-0.1, -0.05) is 6.42 Å². The lowest BCUT2D eigenvalue weighted by molar-refractivity contribution is -0.387. The number of nitrogens with zero attached hydrogens (tertiary/aromatic N) is 2. The van der Waals surface area contributed by atoms with Crippen molar-refractivity contribution in [2.45, 2.75) is 30.2 Å². The minimum atomic E-state index is -3.97. The molecule has 1 atom stereocenters. The number of methoxy groups -OCH3 is 1. The van der Waals surface area contributed by atoms with Gasteiger partial charge in [0.15, 0.2) is 4.90 Å². The minimum Gasteiger partial charge on any atom is -0.497 e. The van der Waals surface area contributed by atoms with Gasteiger partial charge >= 0.3 is 0 Å². The molecule has 1 aliphatic heterocycles. The van der Waals surface area contributed by atoms with Crippen molar-refractivity contribution in [3.05, 3.63) is 28.3 Å². The van der Waals surface area contributed by atoms with Gasteiger partial charge in [-0.05, 0) is 25.0 Å². The maximum absolute atomic E-state index is 12.8. The molecule has 23 heavy (non-hydrogen) atoms. The molecular weight excluding hydrogens is 346 g/mol. The second kappa shape index (κ2) is 7.91. The summed E-state index contributed by atoms with van der Waals surface area (Å²) >= 11 is 0. The largest absolute Gasteiger partial charge is 0.497 e. The average Bonchev–Trinajstić information content (AvgIpc) is 2.54. The molecular formula is C13H20ClN3O5S. The highest BCUT2D eigenvalue weighted by molar-refractivity contribution is 7.89. The molecule has 1 aromatic rings. The SMILES string of the molecule is COc1ccc(S(=O)(=O)N2CCCCC2CN)c([N+](=O)[O-])c1.Cl. The zero-order valence-electron chi connectivity index (χ0n) is 12.7. The Kier molecular flexibility index (Phi) is 6.75. The molecule has 0 spiro atoms. The highest BCUT2D eigenvalue weighted by Gasteiger charge is 2.37. The number of piperidine rings is 1. The third-order valence-electron chi connectivity index (χ3n) is 3.79. The van der Waals surface area contributed by atoms with Gasteiger partial charge in [0.25, 0.3) is 5.69 Å². The van der Waals surface area contributed by atoms with Crippen molar-refractivity contribution in [3.8, 4) is 5.75 Å². The van der Waals surface area contributed by atoms with Crippen molar-refractivity contribution in [1.29, 1.82) is 0 Å². The van der Waals surface area contributed by atoms with Crippen LogP contribution in [0.3, 0.4) is 0 Å². The fourth-order valence-electron chi connectivity index (χ4n) is 2.64. The van der Waals surface area contributed by atoms with Crippen LogP contribution in [0.4, 0.5) is 5.69 Å². The zero-order valence-corrected chi connectivity index (χ0v) is 14.3. The van der Waals surface area contributed by atoms with Crippen LogP contribution in [0, 0.1) is 10.1 Å². The van der Waals surface area contributed by atoms with Gasteiger partial charge in [0.05, 0.1) is 18.1 Å². The van der Waals surface area contributed by atoms with Gasteiger partial charge in [-0.3, -0.25) is 10.1 Å². The molecule has 0 saturated carbocycles. The number of rotatable bonds is 5. The number of sulfonamides is 1. The first-order chi connectivity index (χ1) is 10.4. The normalized spacial score (nSPS) is 19.0. The lowest BCUT2D eigenvalue weighted by Crippen LogP contribution is -2.47. The monoisotopic (exact) mass is 365 g/mol. The number of nitro groups is 1. The van der Waals surface area contributed by atoms with Crippen LogP contribution < -0.4 is 10.5 Å². The minimum absolute atomic E-state index is 0. The molecule has 2 N–H and O–H groups in total. The number of ether oxygens (including phenoxy) is 1. The predicted molar refractivity (Wildman–Crippen MR) is 87.5 cm³/mol. The van der Waals surface area contributed by atoms with E-state index in [0.717, 1.165) is 18.9 Å². The molecule has 10 heteroatoms. The molecule has 1 heterocycles. The molecule has 1 fully saturated rings. The predicted octanol–water partition coefficient (Wildman–Crippen LogP) is 1.53. The van der Waals surface area contributed by atoms with E-state index in [-0.39, 0.29) is 35.6 Å². The van der Waals surface area contributed by atoms with E-state index in [0.29, 0.717) is 13.0 Å². The Labute approximate surface area is 141 Å². The summed E-state index contributed by atoms with van der Waals surface area (Å²) in [5.41, 5.74) is 5.17. The first-order valence-electron chi connectivity index (χ1n) is 6.96. The fraction of sp³-hybridized carbons (Fsp3) is 0.538. The molecule has 0 amide bonds. The van der Waals surface area contributed by atoms with Crippen molar-refractivity contribution in [1.82, 2.24) is 4.31 Å². The lowest BCUT2D eigenvalue weighted by Gasteiger charge is -2.33. The van der Waals surface area contributed by atoms with Crippen molar-refractivity contribution in [3.63, 3.8) is 0 Å². The Balaban J connectivity index is 0.00000264. The molecule has 8 nitrogen and oxygen atoms in total. The summed E-state index contributed by atoms with van der Waals surface area (Å²) < 4.78 is 31.8. The number of nitro benzene ring substituents is 1. The Hall–Kier alpha value is -1.42. The Morgan fingerprint density at radius 1 is 1.43 bits per heavy atom. The van der Waals surface area contributed by atoms with Crippen LogP contribution in [0.1, 0.15) is 19.3 Å². The summed E-state index contributed by atoms with van der Waals surface area (Å²) in [5, 5.41) is 11.2. The molecule has 1 saturated heterocycles. The average molecular weight is 366 g/mol. The van der Waals surface area contributed by atoms with Gasteiger partial charge in [-0.2, -0.15) is 4.31 Å². The Bertz CT molecular complexity index is 668. The number of hydrogen-bond acceptors (Lipinski definition) is 6. The van der Waals surface area contributed by atoms with Crippen LogP contribution in [0.2, 0.25) is 0 Å². The first-order valence-corrected chi connectivity index (χ1v) is 8.40. The summed E-state index contributed by atoms with van der Waals surface area (Å²) in [5.74, 6) is 0.236. The molecule has 0 bridgehead atoms. The van der Waals surface area contributed by atoms with Crippen molar-refractivity contribution in [2.75, 3.05) is 20.2 Å². The molecule has 0 aromatic heterocycles. The number of halogens is 1. The quantitative estimate of drug-likeness (QED) is 0.624. The maximum Gasteiger partial charge on any atom is 0.293 e. The molecule has 0 radical (unpaired) electrons. The van der Waals surface area contributed by atoms with Gasteiger partial charge in [-0.15, -0.1) is 12.4 Å². The second-order valence-electron chi connectivity index (χ2n) is 5.09. The van der Waals surface area contributed by atoms with Gasteiger partial charge in [0, 0.05) is 19.1 Å². The van der Waals surface area contributed by atoms with E-state index < -0.39 is 20.6 Å². The Morgan fingerprint density at radius 3 is 2.70 bits per heavy atom. The molecule has 1 aliphatic rings. The third-order valence-corrected chi connectivity index (χ3v) is 5.79. The lowest BCUT2D eigenvalue weighted by atomic mass is 10.1. The van der Waals surface area contributed by atoms with E-state index in [1.165, 1.54) is 23.5 Å². The molecule has 1 unspecified atom stereocenters. The smallest absolute Gasteiger partial charge is 0.293 e. The highest BCUT2D eigenvalue weighted by atomic mass is 35.5. The number of benzene rings is 1. The highest BCUT2D eigenvalue weighted by Crippen LogP contribution is 2.33. The van der Waals surface area contributed by atoms with Crippen molar-refractivity contribution >= 4 is 28.1 Å². The number of hydrogen-bond donors (Lipinski definition) is 1. The van der Waals surface area contributed by atoms with E-state index in [9.17, 15) is 18.5 Å². The third kappa shape index (κ3) is 3.92. The van der Waals surface area contributed by atoms with Crippen LogP contribution >= 0.6 is 12.4 Å². The van der Waals surface area contributed by atoms with E-state index in [4.69, 9.17) is 10.5 Å². The summed E-state index contributed by atoms with van der Waals surface area (Å²) in [7, 11) is -2.60. The van der Waals surface area contributed by atoms with Gasteiger partial charge < -0.3 is 10.5 Å². The topological polar surface area (TPSA) is 116 Å². The first kappa shape index (κ1) is 19.6. The van der Waals surface area contributed by atoms with Gasteiger partial charge in [0.2, 0.25) is 10.0 Å². The van der Waals surface area contributed by atoms with Crippen molar-refractivity contribution in [2.24, 2.45) is 5.73 Å². The Morgan fingerprint density at radius 2 is 2.13 bits per heavy atom.